The standard InChI is InChI=1S/C19H21FN2O5S/c1-12-4-5-13(2)17(10-12)28(25,26)21-11-18(23)27-14(3)19(24)22-16-8-6-15(20)7-9-16/h4-10,14,21H,11H2,1-3H3,(H,22,24)/t14-/m1/s1. The Morgan fingerprint density at radius 2 is 1.75 bits per heavy atom. The van der Waals surface area contributed by atoms with Gasteiger partial charge in [0.15, 0.2) is 6.10 Å². The molecular weight excluding hydrogens is 387 g/mol. The van der Waals surface area contributed by atoms with Crippen molar-refractivity contribution < 1.29 is 27.1 Å². The molecule has 0 unspecified atom stereocenters. The molecule has 0 spiro atoms. The summed E-state index contributed by atoms with van der Waals surface area (Å²) >= 11 is 0. The lowest BCUT2D eigenvalue weighted by Gasteiger charge is -2.14. The number of carbonyl (C=O) groups excluding carboxylic acids is 2. The number of ether oxygens (including phenoxy) is 1. The highest BCUT2D eigenvalue weighted by atomic mass is 32.2. The minimum absolute atomic E-state index is 0.0717. The number of rotatable bonds is 7. The van der Waals surface area contributed by atoms with E-state index in [0.717, 1.165) is 5.56 Å². The second-order valence-corrected chi connectivity index (χ2v) is 7.96. The van der Waals surface area contributed by atoms with Gasteiger partial charge < -0.3 is 10.1 Å². The predicted molar refractivity (Wildman–Crippen MR) is 102 cm³/mol. The zero-order valence-electron chi connectivity index (χ0n) is 15.7. The fourth-order valence-corrected chi connectivity index (χ4v) is 3.59. The van der Waals surface area contributed by atoms with Gasteiger partial charge in [0.25, 0.3) is 5.91 Å². The highest BCUT2D eigenvalue weighted by Gasteiger charge is 2.21. The third-order valence-electron chi connectivity index (χ3n) is 3.83. The van der Waals surface area contributed by atoms with Crippen molar-refractivity contribution in [1.29, 1.82) is 0 Å². The van der Waals surface area contributed by atoms with E-state index in [4.69, 9.17) is 4.74 Å². The van der Waals surface area contributed by atoms with Gasteiger partial charge in [-0.05, 0) is 62.2 Å². The first-order valence-electron chi connectivity index (χ1n) is 8.41. The summed E-state index contributed by atoms with van der Waals surface area (Å²) in [6, 6.07) is 10.0. The van der Waals surface area contributed by atoms with Crippen molar-refractivity contribution in [1.82, 2.24) is 4.72 Å². The van der Waals surface area contributed by atoms with Crippen LogP contribution in [-0.4, -0.2) is 32.9 Å². The van der Waals surface area contributed by atoms with E-state index in [-0.39, 0.29) is 4.90 Å². The number of aryl methyl sites for hydroxylation is 2. The van der Waals surface area contributed by atoms with Crippen molar-refractivity contribution in [3.63, 3.8) is 0 Å². The number of sulfonamides is 1. The topological polar surface area (TPSA) is 102 Å². The third kappa shape index (κ3) is 5.86. The van der Waals surface area contributed by atoms with Crippen LogP contribution in [0.5, 0.6) is 0 Å². The molecule has 0 fully saturated rings. The number of halogens is 1. The van der Waals surface area contributed by atoms with Gasteiger partial charge in [-0.3, -0.25) is 9.59 Å². The predicted octanol–water partition coefficient (Wildman–Crippen LogP) is 2.29. The van der Waals surface area contributed by atoms with Crippen molar-refractivity contribution in [3.8, 4) is 0 Å². The van der Waals surface area contributed by atoms with Crippen LogP contribution in [0.1, 0.15) is 18.1 Å². The second-order valence-electron chi connectivity index (χ2n) is 6.22. The molecule has 2 aromatic rings. The van der Waals surface area contributed by atoms with Crippen LogP contribution in [0.15, 0.2) is 47.4 Å². The summed E-state index contributed by atoms with van der Waals surface area (Å²) in [5.74, 6) is -1.98. The molecule has 0 bridgehead atoms. The summed E-state index contributed by atoms with van der Waals surface area (Å²) in [6.07, 6.45) is -1.16. The molecule has 0 aliphatic rings. The Bertz CT molecular complexity index is 974. The highest BCUT2D eigenvalue weighted by Crippen LogP contribution is 2.16. The lowest BCUT2D eigenvalue weighted by atomic mass is 10.2. The average molecular weight is 408 g/mol. The Kier molecular flexibility index (Phi) is 6.87. The Labute approximate surface area is 163 Å². The van der Waals surface area contributed by atoms with Gasteiger partial charge in [-0.1, -0.05) is 12.1 Å². The first-order chi connectivity index (χ1) is 13.1. The molecule has 0 heterocycles. The van der Waals surface area contributed by atoms with E-state index < -0.39 is 40.4 Å². The van der Waals surface area contributed by atoms with Gasteiger partial charge in [0.05, 0.1) is 4.90 Å². The zero-order chi connectivity index (χ0) is 20.9. The average Bonchev–Trinajstić information content (AvgIpc) is 2.64. The molecule has 28 heavy (non-hydrogen) atoms. The van der Waals surface area contributed by atoms with E-state index in [1.54, 1.807) is 26.0 Å². The summed E-state index contributed by atoms with van der Waals surface area (Å²) in [5, 5.41) is 2.46. The lowest BCUT2D eigenvalue weighted by Crippen LogP contribution is -2.36. The maximum Gasteiger partial charge on any atom is 0.321 e. The van der Waals surface area contributed by atoms with Crippen LogP contribution in [0.4, 0.5) is 10.1 Å². The molecule has 1 atom stereocenters. The van der Waals surface area contributed by atoms with E-state index in [9.17, 15) is 22.4 Å². The number of esters is 1. The first-order valence-corrected chi connectivity index (χ1v) is 9.89. The van der Waals surface area contributed by atoms with Crippen LogP contribution in [0.3, 0.4) is 0 Å². The summed E-state index contributed by atoms with van der Waals surface area (Å²) in [7, 11) is -3.90. The molecule has 0 aliphatic carbocycles. The number of benzene rings is 2. The second kappa shape index (κ2) is 8.94. The molecule has 2 aromatic carbocycles. The van der Waals surface area contributed by atoms with Crippen molar-refractivity contribution in [2.75, 3.05) is 11.9 Å². The van der Waals surface area contributed by atoms with Crippen LogP contribution in [-0.2, 0) is 24.3 Å². The molecule has 0 aliphatic heterocycles. The van der Waals surface area contributed by atoms with Crippen LogP contribution in [0.25, 0.3) is 0 Å². The van der Waals surface area contributed by atoms with Gasteiger partial charge >= 0.3 is 5.97 Å². The molecule has 0 radical (unpaired) electrons. The van der Waals surface area contributed by atoms with Gasteiger partial charge in [-0.2, -0.15) is 4.72 Å². The van der Waals surface area contributed by atoms with Gasteiger partial charge in [-0.15, -0.1) is 0 Å². The van der Waals surface area contributed by atoms with E-state index in [1.165, 1.54) is 37.3 Å². The maximum atomic E-state index is 12.9. The van der Waals surface area contributed by atoms with E-state index in [2.05, 4.69) is 10.0 Å². The first kappa shape index (κ1) is 21.5. The normalized spacial score (nSPS) is 12.3. The van der Waals surface area contributed by atoms with Gasteiger partial charge in [-0.25, -0.2) is 12.8 Å². The Balaban J connectivity index is 1.91. The molecule has 7 nitrogen and oxygen atoms in total. The summed E-state index contributed by atoms with van der Waals surface area (Å²) in [5.41, 5.74) is 1.64. The zero-order valence-corrected chi connectivity index (χ0v) is 16.5. The lowest BCUT2D eigenvalue weighted by molar-refractivity contribution is -0.151. The Morgan fingerprint density at radius 1 is 1.11 bits per heavy atom. The number of hydrogen-bond acceptors (Lipinski definition) is 5. The number of amides is 1. The number of hydrogen-bond donors (Lipinski definition) is 2. The Morgan fingerprint density at radius 3 is 2.39 bits per heavy atom. The fraction of sp³-hybridized carbons (Fsp3) is 0.263. The number of carbonyl (C=O) groups is 2. The largest absolute Gasteiger partial charge is 0.452 e. The summed E-state index contributed by atoms with van der Waals surface area (Å²) in [4.78, 5) is 24.0. The third-order valence-corrected chi connectivity index (χ3v) is 5.37. The Hall–Kier alpha value is -2.78. The number of nitrogens with one attached hydrogen (secondary N) is 2. The van der Waals surface area contributed by atoms with E-state index >= 15 is 0 Å². The highest BCUT2D eigenvalue weighted by molar-refractivity contribution is 7.89. The number of anilines is 1. The van der Waals surface area contributed by atoms with Crippen LogP contribution in [0, 0.1) is 19.7 Å². The van der Waals surface area contributed by atoms with Crippen molar-refractivity contribution in [3.05, 3.63) is 59.4 Å². The van der Waals surface area contributed by atoms with Crippen LogP contribution >= 0.6 is 0 Å². The molecule has 2 N–H and O–H groups in total. The van der Waals surface area contributed by atoms with E-state index in [0.29, 0.717) is 11.3 Å². The minimum Gasteiger partial charge on any atom is -0.452 e. The van der Waals surface area contributed by atoms with Gasteiger partial charge in [0, 0.05) is 5.69 Å². The molecule has 2 rings (SSSR count). The summed E-state index contributed by atoms with van der Waals surface area (Å²) < 4.78 is 44.7. The molecule has 150 valence electrons. The monoisotopic (exact) mass is 408 g/mol. The van der Waals surface area contributed by atoms with Gasteiger partial charge in [0.2, 0.25) is 10.0 Å². The van der Waals surface area contributed by atoms with Crippen LogP contribution < -0.4 is 10.0 Å². The SMILES string of the molecule is Cc1ccc(C)c(S(=O)(=O)NCC(=O)O[C@H](C)C(=O)Nc2ccc(F)cc2)c1. The quantitative estimate of drug-likeness (QED) is 0.685. The summed E-state index contributed by atoms with van der Waals surface area (Å²) in [6.45, 7) is 4.13. The minimum atomic E-state index is -3.90. The molecule has 0 saturated carbocycles. The van der Waals surface area contributed by atoms with Crippen LogP contribution in [0.2, 0.25) is 0 Å². The molecule has 1 amide bonds. The molecular formula is C19H21FN2O5S. The van der Waals surface area contributed by atoms with Crippen molar-refractivity contribution in [2.45, 2.75) is 31.8 Å². The van der Waals surface area contributed by atoms with Crippen molar-refractivity contribution >= 4 is 27.6 Å². The molecule has 0 saturated heterocycles. The van der Waals surface area contributed by atoms with Gasteiger partial charge in [0.1, 0.15) is 12.4 Å². The van der Waals surface area contributed by atoms with Crippen molar-refractivity contribution in [2.24, 2.45) is 0 Å². The molecule has 0 aromatic heterocycles. The fourth-order valence-electron chi connectivity index (χ4n) is 2.30. The smallest absolute Gasteiger partial charge is 0.321 e. The maximum absolute atomic E-state index is 12.9. The van der Waals surface area contributed by atoms with E-state index in [1.807, 2.05) is 0 Å². The molecule has 9 heteroatoms.